The van der Waals surface area contributed by atoms with Crippen LogP contribution < -0.4 is 5.32 Å². The standard InChI is InChI=1S/C17H26BrNO/c1-13(2)14-10-17(11-14,12-19-7-8-20-3)15-5-4-6-16(18)9-15/h4-6,9,13-14,19H,7-8,10-12H2,1-3H3. The molecule has 0 atom stereocenters. The van der Waals surface area contributed by atoms with Gasteiger partial charge in [0, 0.05) is 30.1 Å². The molecule has 2 rings (SSSR count). The van der Waals surface area contributed by atoms with Gasteiger partial charge in [-0.2, -0.15) is 0 Å². The van der Waals surface area contributed by atoms with E-state index in [1.54, 1.807) is 7.11 Å². The van der Waals surface area contributed by atoms with Gasteiger partial charge in [0.1, 0.15) is 0 Å². The van der Waals surface area contributed by atoms with E-state index in [-0.39, 0.29) is 0 Å². The van der Waals surface area contributed by atoms with Gasteiger partial charge < -0.3 is 10.1 Å². The van der Waals surface area contributed by atoms with E-state index < -0.39 is 0 Å². The van der Waals surface area contributed by atoms with Crippen molar-refractivity contribution in [3.8, 4) is 0 Å². The average Bonchev–Trinajstić information content (AvgIpc) is 2.36. The summed E-state index contributed by atoms with van der Waals surface area (Å²) in [4.78, 5) is 0. The van der Waals surface area contributed by atoms with Crippen LogP contribution in [0.4, 0.5) is 0 Å². The van der Waals surface area contributed by atoms with E-state index >= 15 is 0 Å². The van der Waals surface area contributed by atoms with Crippen LogP contribution in [0.3, 0.4) is 0 Å². The predicted molar refractivity (Wildman–Crippen MR) is 88.1 cm³/mol. The van der Waals surface area contributed by atoms with Crippen LogP contribution in [-0.2, 0) is 10.2 Å². The lowest BCUT2D eigenvalue weighted by Gasteiger charge is -2.50. The van der Waals surface area contributed by atoms with Crippen LogP contribution in [0.2, 0.25) is 0 Å². The Morgan fingerprint density at radius 1 is 1.40 bits per heavy atom. The zero-order valence-corrected chi connectivity index (χ0v) is 14.4. The highest BCUT2D eigenvalue weighted by molar-refractivity contribution is 9.10. The van der Waals surface area contributed by atoms with Crippen molar-refractivity contribution in [2.24, 2.45) is 11.8 Å². The first-order valence-electron chi connectivity index (χ1n) is 7.53. The van der Waals surface area contributed by atoms with Gasteiger partial charge in [-0.3, -0.25) is 0 Å². The quantitative estimate of drug-likeness (QED) is 0.758. The molecule has 1 aromatic rings. The number of hydrogen-bond acceptors (Lipinski definition) is 2. The highest BCUT2D eigenvalue weighted by Gasteiger charge is 2.45. The van der Waals surface area contributed by atoms with Gasteiger partial charge in [0.05, 0.1) is 6.61 Å². The minimum Gasteiger partial charge on any atom is -0.383 e. The summed E-state index contributed by atoms with van der Waals surface area (Å²) in [5, 5.41) is 3.57. The molecular formula is C17H26BrNO. The molecule has 2 nitrogen and oxygen atoms in total. The Morgan fingerprint density at radius 3 is 2.75 bits per heavy atom. The van der Waals surface area contributed by atoms with Crippen LogP contribution in [0.25, 0.3) is 0 Å². The van der Waals surface area contributed by atoms with Crippen molar-refractivity contribution in [1.82, 2.24) is 5.32 Å². The van der Waals surface area contributed by atoms with Gasteiger partial charge in [-0.25, -0.2) is 0 Å². The van der Waals surface area contributed by atoms with Crippen LogP contribution in [-0.4, -0.2) is 26.8 Å². The third kappa shape index (κ3) is 3.63. The number of rotatable bonds is 7. The molecule has 1 N–H and O–H groups in total. The minimum atomic E-state index is 0.312. The van der Waals surface area contributed by atoms with Crippen LogP contribution >= 0.6 is 15.9 Å². The number of nitrogens with one attached hydrogen (secondary N) is 1. The Bertz CT molecular complexity index is 427. The van der Waals surface area contributed by atoms with Crippen molar-refractivity contribution in [1.29, 1.82) is 0 Å². The van der Waals surface area contributed by atoms with Gasteiger partial charge in [-0.1, -0.05) is 41.9 Å². The molecule has 0 saturated heterocycles. The topological polar surface area (TPSA) is 21.3 Å². The monoisotopic (exact) mass is 339 g/mol. The van der Waals surface area contributed by atoms with E-state index in [0.29, 0.717) is 5.41 Å². The van der Waals surface area contributed by atoms with Crippen molar-refractivity contribution in [2.45, 2.75) is 32.1 Å². The molecule has 1 fully saturated rings. The maximum absolute atomic E-state index is 5.12. The lowest BCUT2D eigenvalue weighted by Crippen LogP contribution is -2.50. The van der Waals surface area contributed by atoms with E-state index in [2.05, 4.69) is 59.4 Å². The van der Waals surface area contributed by atoms with Gasteiger partial charge in [-0.15, -0.1) is 0 Å². The fraction of sp³-hybridized carbons (Fsp3) is 0.647. The first-order chi connectivity index (χ1) is 9.57. The highest BCUT2D eigenvalue weighted by Crippen LogP contribution is 2.50. The van der Waals surface area contributed by atoms with Gasteiger partial charge in [0.2, 0.25) is 0 Å². The average molecular weight is 340 g/mol. The first-order valence-corrected chi connectivity index (χ1v) is 8.32. The van der Waals surface area contributed by atoms with Crippen LogP contribution in [0.1, 0.15) is 32.3 Å². The zero-order valence-electron chi connectivity index (χ0n) is 12.8. The molecule has 0 radical (unpaired) electrons. The van der Waals surface area contributed by atoms with Gasteiger partial charge in [0.25, 0.3) is 0 Å². The molecule has 0 amide bonds. The van der Waals surface area contributed by atoms with Crippen molar-refractivity contribution < 1.29 is 4.74 Å². The molecule has 1 saturated carbocycles. The summed E-state index contributed by atoms with van der Waals surface area (Å²) in [7, 11) is 1.75. The minimum absolute atomic E-state index is 0.312. The van der Waals surface area contributed by atoms with E-state index in [9.17, 15) is 0 Å². The Balaban J connectivity index is 2.06. The largest absolute Gasteiger partial charge is 0.383 e. The Kier molecular flexibility index (Phi) is 5.65. The molecule has 0 heterocycles. The lowest BCUT2D eigenvalue weighted by atomic mass is 9.56. The SMILES string of the molecule is COCCNCC1(c2cccc(Br)c2)CC(C(C)C)C1. The number of benzene rings is 1. The summed E-state index contributed by atoms with van der Waals surface area (Å²) < 4.78 is 6.30. The maximum atomic E-state index is 5.12. The molecule has 0 aliphatic heterocycles. The summed E-state index contributed by atoms with van der Waals surface area (Å²) >= 11 is 3.60. The second kappa shape index (κ2) is 7.06. The fourth-order valence-electron chi connectivity index (χ4n) is 3.22. The van der Waals surface area contributed by atoms with E-state index in [1.807, 2.05) is 0 Å². The third-order valence-electron chi connectivity index (χ3n) is 4.63. The Labute approximate surface area is 131 Å². The summed E-state index contributed by atoms with van der Waals surface area (Å²) in [5.41, 5.74) is 1.78. The fourth-order valence-corrected chi connectivity index (χ4v) is 3.62. The third-order valence-corrected chi connectivity index (χ3v) is 5.13. The first kappa shape index (κ1) is 16.0. The molecule has 112 valence electrons. The van der Waals surface area contributed by atoms with Gasteiger partial charge >= 0.3 is 0 Å². The molecule has 0 bridgehead atoms. The second-order valence-electron chi connectivity index (χ2n) is 6.37. The smallest absolute Gasteiger partial charge is 0.0587 e. The predicted octanol–water partition coefficient (Wildman–Crippen LogP) is 3.99. The van der Waals surface area contributed by atoms with Crippen LogP contribution in [0, 0.1) is 11.8 Å². The number of ether oxygens (including phenoxy) is 1. The van der Waals surface area contributed by atoms with Crippen molar-refractivity contribution >= 4 is 15.9 Å². The molecule has 1 aliphatic carbocycles. The normalized spacial score (nSPS) is 25.8. The molecule has 0 unspecified atom stereocenters. The molecule has 3 heteroatoms. The van der Waals surface area contributed by atoms with Crippen LogP contribution in [0.5, 0.6) is 0 Å². The Morgan fingerprint density at radius 2 is 2.15 bits per heavy atom. The molecule has 20 heavy (non-hydrogen) atoms. The second-order valence-corrected chi connectivity index (χ2v) is 7.29. The molecule has 0 spiro atoms. The van der Waals surface area contributed by atoms with Crippen LogP contribution in [0.15, 0.2) is 28.7 Å². The molecule has 1 aliphatic rings. The molecular weight excluding hydrogens is 314 g/mol. The van der Waals surface area contributed by atoms with E-state index in [4.69, 9.17) is 4.74 Å². The Hall–Kier alpha value is -0.380. The number of methoxy groups -OCH3 is 1. The van der Waals surface area contributed by atoms with Crippen molar-refractivity contribution in [3.63, 3.8) is 0 Å². The maximum Gasteiger partial charge on any atom is 0.0587 e. The number of hydrogen-bond donors (Lipinski definition) is 1. The summed E-state index contributed by atoms with van der Waals surface area (Å²) in [6.45, 7) is 7.44. The highest BCUT2D eigenvalue weighted by atomic mass is 79.9. The lowest BCUT2D eigenvalue weighted by molar-refractivity contribution is 0.0948. The summed E-state index contributed by atoms with van der Waals surface area (Å²) in [5.74, 6) is 1.65. The number of halogens is 1. The van der Waals surface area contributed by atoms with Gasteiger partial charge in [-0.05, 0) is 42.4 Å². The van der Waals surface area contributed by atoms with Crippen molar-refractivity contribution in [2.75, 3.05) is 26.8 Å². The van der Waals surface area contributed by atoms with E-state index in [1.165, 1.54) is 22.9 Å². The zero-order chi connectivity index (χ0) is 14.6. The van der Waals surface area contributed by atoms with Gasteiger partial charge in [0.15, 0.2) is 0 Å². The molecule has 0 aromatic heterocycles. The van der Waals surface area contributed by atoms with E-state index in [0.717, 1.165) is 31.5 Å². The molecule has 1 aromatic carbocycles. The van der Waals surface area contributed by atoms with Crippen molar-refractivity contribution in [3.05, 3.63) is 34.3 Å². The summed E-state index contributed by atoms with van der Waals surface area (Å²) in [6, 6.07) is 8.82. The summed E-state index contributed by atoms with van der Waals surface area (Å²) in [6.07, 6.45) is 2.59.